The summed E-state index contributed by atoms with van der Waals surface area (Å²) in [6.07, 6.45) is 8.96. The Bertz CT molecular complexity index is 830. The molecule has 1 aliphatic rings. The lowest BCUT2D eigenvalue weighted by atomic mass is 10.2. The number of hydrogen-bond acceptors (Lipinski definition) is 6. The molecule has 6 heteroatoms. The molecule has 4 heterocycles. The highest BCUT2D eigenvalue weighted by atomic mass is 32.1. The van der Waals surface area contributed by atoms with Crippen LogP contribution in [-0.4, -0.2) is 34.2 Å². The zero-order chi connectivity index (χ0) is 17.1. The number of nitrogens with zero attached hydrogens (tertiary/aromatic N) is 4. The van der Waals surface area contributed by atoms with Crippen molar-refractivity contribution in [1.82, 2.24) is 15.0 Å². The van der Waals surface area contributed by atoms with Gasteiger partial charge in [0, 0.05) is 37.0 Å². The van der Waals surface area contributed by atoms with E-state index in [1.54, 1.807) is 17.7 Å². The van der Waals surface area contributed by atoms with Crippen molar-refractivity contribution in [3.63, 3.8) is 0 Å². The van der Waals surface area contributed by atoms with E-state index in [1.807, 2.05) is 18.5 Å². The van der Waals surface area contributed by atoms with Crippen LogP contribution < -0.4 is 4.90 Å². The Morgan fingerprint density at radius 2 is 2.32 bits per heavy atom. The second kappa shape index (κ2) is 7.45. The molecule has 3 aromatic heterocycles. The average molecular weight is 354 g/mol. The summed E-state index contributed by atoms with van der Waals surface area (Å²) in [5, 5.41) is 1.14. The minimum absolute atomic E-state index is 0.269. The molecule has 1 saturated heterocycles. The molecular formula is C19H22N4OS. The molecule has 0 aromatic carbocycles. The van der Waals surface area contributed by atoms with Crippen molar-refractivity contribution in [2.24, 2.45) is 0 Å². The Hall–Kier alpha value is -2.05. The fourth-order valence-electron chi connectivity index (χ4n) is 3.29. The van der Waals surface area contributed by atoms with Gasteiger partial charge < -0.3 is 9.64 Å². The van der Waals surface area contributed by atoms with E-state index >= 15 is 0 Å². The smallest absolute Gasteiger partial charge is 0.141 e. The van der Waals surface area contributed by atoms with Crippen LogP contribution in [0, 0.1) is 0 Å². The van der Waals surface area contributed by atoms with E-state index in [0.717, 1.165) is 55.0 Å². The summed E-state index contributed by atoms with van der Waals surface area (Å²) in [7, 11) is 0. The molecule has 0 saturated carbocycles. The Kier molecular flexibility index (Phi) is 4.90. The fraction of sp³-hybridized carbons (Fsp3) is 0.421. The van der Waals surface area contributed by atoms with Crippen molar-refractivity contribution in [3.05, 3.63) is 47.4 Å². The molecule has 0 spiro atoms. The van der Waals surface area contributed by atoms with E-state index in [2.05, 4.69) is 38.9 Å². The third kappa shape index (κ3) is 3.65. The molecule has 1 fully saturated rings. The largest absolute Gasteiger partial charge is 0.376 e. The number of pyridine rings is 1. The van der Waals surface area contributed by atoms with Crippen molar-refractivity contribution >= 4 is 27.4 Å². The molecule has 0 N–H and O–H groups in total. The van der Waals surface area contributed by atoms with Crippen LogP contribution in [0.3, 0.4) is 0 Å². The highest BCUT2D eigenvalue weighted by molar-refractivity contribution is 7.18. The molecule has 130 valence electrons. The SMILES string of the molecule is CCc1cc2c(N(Cc3cccnc3)C[C@H]3CCCO3)ncnc2s1. The van der Waals surface area contributed by atoms with Crippen LogP contribution in [0.25, 0.3) is 10.2 Å². The molecule has 25 heavy (non-hydrogen) atoms. The summed E-state index contributed by atoms with van der Waals surface area (Å²) < 4.78 is 5.88. The molecule has 1 atom stereocenters. The van der Waals surface area contributed by atoms with Crippen LogP contribution in [0.5, 0.6) is 0 Å². The first-order valence-electron chi connectivity index (χ1n) is 8.82. The molecule has 5 nitrogen and oxygen atoms in total. The third-order valence-corrected chi connectivity index (χ3v) is 5.74. The number of aromatic nitrogens is 3. The van der Waals surface area contributed by atoms with Gasteiger partial charge in [0.25, 0.3) is 0 Å². The first kappa shape index (κ1) is 16.4. The zero-order valence-electron chi connectivity index (χ0n) is 14.4. The molecule has 0 amide bonds. The second-order valence-electron chi connectivity index (χ2n) is 6.36. The summed E-state index contributed by atoms with van der Waals surface area (Å²) in [6, 6.07) is 6.33. The summed E-state index contributed by atoms with van der Waals surface area (Å²) in [6.45, 7) is 4.66. The van der Waals surface area contributed by atoms with Gasteiger partial charge in [0.1, 0.15) is 17.0 Å². The van der Waals surface area contributed by atoms with E-state index in [1.165, 1.54) is 10.4 Å². The molecule has 0 radical (unpaired) electrons. The van der Waals surface area contributed by atoms with Gasteiger partial charge in [0.05, 0.1) is 11.5 Å². The van der Waals surface area contributed by atoms with Gasteiger partial charge in [-0.05, 0) is 37.0 Å². The summed E-state index contributed by atoms with van der Waals surface area (Å²) >= 11 is 1.76. The monoisotopic (exact) mass is 354 g/mol. The number of ether oxygens (including phenoxy) is 1. The molecule has 0 unspecified atom stereocenters. The Balaban J connectivity index is 1.70. The average Bonchev–Trinajstić information content (AvgIpc) is 3.30. The first-order chi connectivity index (χ1) is 12.3. The van der Waals surface area contributed by atoms with Crippen LogP contribution >= 0.6 is 11.3 Å². The standard InChI is InChI=1S/C19H22N4OS/c1-2-16-9-17-18(21-13-22-19(17)25-16)23(12-15-6-4-8-24-15)11-14-5-3-7-20-10-14/h3,5,7,9-10,13,15H,2,4,6,8,11-12H2,1H3/t15-/m1/s1. The van der Waals surface area contributed by atoms with E-state index in [4.69, 9.17) is 4.74 Å². The van der Waals surface area contributed by atoms with Crippen LogP contribution in [0.4, 0.5) is 5.82 Å². The third-order valence-electron chi connectivity index (χ3n) is 4.55. The summed E-state index contributed by atoms with van der Waals surface area (Å²) in [5.74, 6) is 1.00. The predicted octanol–water partition coefficient (Wildman–Crippen LogP) is 3.83. The van der Waals surface area contributed by atoms with Crippen molar-refractivity contribution < 1.29 is 4.74 Å². The van der Waals surface area contributed by atoms with Gasteiger partial charge in [0.2, 0.25) is 0 Å². The second-order valence-corrected chi connectivity index (χ2v) is 7.47. The maximum absolute atomic E-state index is 5.88. The van der Waals surface area contributed by atoms with Gasteiger partial charge in [-0.25, -0.2) is 9.97 Å². The maximum Gasteiger partial charge on any atom is 0.141 e. The van der Waals surface area contributed by atoms with E-state index < -0.39 is 0 Å². The molecule has 4 rings (SSSR count). The normalized spacial score (nSPS) is 17.2. The van der Waals surface area contributed by atoms with Gasteiger partial charge in [-0.2, -0.15) is 0 Å². The number of anilines is 1. The number of hydrogen-bond donors (Lipinski definition) is 0. The summed E-state index contributed by atoms with van der Waals surface area (Å²) in [4.78, 5) is 18.1. The van der Waals surface area contributed by atoms with Crippen molar-refractivity contribution in [3.8, 4) is 0 Å². The number of fused-ring (bicyclic) bond motifs is 1. The van der Waals surface area contributed by atoms with Crippen LogP contribution in [0.2, 0.25) is 0 Å². The Morgan fingerprint density at radius 3 is 3.08 bits per heavy atom. The van der Waals surface area contributed by atoms with Gasteiger partial charge in [-0.15, -0.1) is 11.3 Å². The molecular weight excluding hydrogens is 332 g/mol. The summed E-state index contributed by atoms with van der Waals surface area (Å²) in [5.41, 5.74) is 1.18. The zero-order valence-corrected chi connectivity index (χ0v) is 15.2. The Labute approximate surface area is 151 Å². The fourth-order valence-corrected chi connectivity index (χ4v) is 4.22. The molecule has 3 aromatic rings. The van der Waals surface area contributed by atoms with Crippen molar-refractivity contribution in [1.29, 1.82) is 0 Å². The highest BCUT2D eigenvalue weighted by Gasteiger charge is 2.22. The maximum atomic E-state index is 5.88. The van der Waals surface area contributed by atoms with Crippen molar-refractivity contribution in [2.75, 3.05) is 18.1 Å². The lowest BCUT2D eigenvalue weighted by molar-refractivity contribution is 0.115. The van der Waals surface area contributed by atoms with Crippen LogP contribution in [0.15, 0.2) is 36.9 Å². The van der Waals surface area contributed by atoms with E-state index in [9.17, 15) is 0 Å². The molecule has 0 bridgehead atoms. The lowest BCUT2D eigenvalue weighted by Gasteiger charge is -2.27. The lowest BCUT2D eigenvalue weighted by Crippen LogP contribution is -2.32. The van der Waals surface area contributed by atoms with Gasteiger partial charge in [-0.3, -0.25) is 4.98 Å². The minimum atomic E-state index is 0.269. The van der Waals surface area contributed by atoms with Crippen LogP contribution in [-0.2, 0) is 17.7 Å². The molecule has 1 aliphatic heterocycles. The number of thiophene rings is 1. The first-order valence-corrected chi connectivity index (χ1v) is 9.64. The van der Waals surface area contributed by atoms with Crippen molar-refractivity contribution in [2.45, 2.75) is 38.8 Å². The topological polar surface area (TPSA) is 51.1 Å². The van der Waals surface area contributed by atoms with Gasteiger partial charge >= 0.3 is 0 Å². The quantitative estimate of drug-likeness (QED) is 0.673. The highest BCUT2D eigenvalue weighted by Crippen LogP contribution is 2.32. The predicted molar refractivity (Wildman–Crippen MR) is 101 cm³/mol. The number of aryl methyl sites for hydroxylation is 1. The molecule has 0 aliphatic carbocycles. The Morgan fingerprint density at radius 1 is 1.36 bits per heavy atom. The van der Waals surface area contributed by atoms with Crippen LogP contribution in [0.1, 0.15) is 30.2 Å². The van der Waals surface area contributed by atoms with Gasteiger partial charge in [-0.1, -0.05) is 13.0 Å². The van der Waals surface area contributed by atoms with E-state index in [-0.39, 0.29) is 6.10 Å². The van der Waals surface area contributed by atoms with Gasteiger partial charge in [0.15, 0.2) is 0 Å². The number of rotatable bonds is 6. The minimum Gasteiger partial charge on any atom is -0.376 e. The van der Waals surface area contributed by atoms with E-state index in [0.29, 0.717) is 0 Å².